The Balaban J connectivity index is 2.81. The van der Waals surface area contributed by atoms with E-state index in [4.69, 9.17) is 10.5 Å². The molecule has 0 aromatic rings. The van der Waals surface area contributed by atoms with E-state index in [9.17, 15) is 4.39 Å². The van der Waals surface area contributed by atoms with Crippen LogP contribution >= 0.6 is 15.9 Å². The van der Waals surface area contributed by atoms with Crippen molar-refractivity contribution in [1.82, 2.24) is 0 Å². The van der Waals surface area contributed by atoms with E-state index in [0.29, 0.717) is 12.8 Å². The van der Waals surface area contributed by atoms with Gasteiger partial charge in [0.25, 0.3) is 0 Å². The normalized spacial score (nSPS) is 24.9. The number of hydrogen-bond donors (Lipinski definition) is 1. The fourth-order valence-electron chi connectivity index (χ4n) is 2.08. The van der Waals surface area contributed by atoms with Crippen molar-refractivity contribution in [1.29, 1.82) is 0 Å². The lowest BCUT2D eigenvalue weighted by atomic mass is 9.92. The van der Waals surface area contributed by atoms with Crippen molar-refractivity contribution in [3.8, 4) is 0 Å². The van der Waals surface area contributed by atoms with Crippen LogP contribution in [0.4, 0.5) is 4.39 Å². The van der Waals surface area contributed by atoms with E-state index in [0.717, 1.165) is 12.1 Å². The van der Waals surface area contributed by atoms with Gasteiger partial charge in [-0.15, -0.1) is 0 Å². The van der Waals surface area contributed by atoms with Gasteiger partial charge < -0.3 is 10.5 Å². The average Bonchev–Trinajstić information content (AvgIpc) is 2.26. The van der Waals surface area contributed by atoms with E-state index >= 15 is 0 Å². The van der Waals surface area contributed by atoms with Crippen molar-refractivity contribution < 1.29 is 9.13 Å². The number of rotatable bonds is 5. The molecule has 0 bridgehead atoms. The predicted molar refractivity (Wildman–Crippen MR) is 77.5 cm³/mol. The van der Waals surface area contributed by atoms with Crippen molar-refractivity contribution >= 4 is 15.9 Å². The molecule has 0 saturated carbocycles. The Morgan fingerprint density at radius 1 is 1.61 bits per heavy atom. The third-order valence-corrected chi connectivity index (χ3v) is 3.62. The van der Waals surface area contributed by atoms with Crippen molar-refractivity contribution in [3.63, 3.8) is 0 Å². The Kier molecular flexibility index (Phi) is 6.36. The summed E-state index contributed by atoms with van der Waals surface area (Å²) >= 11 is 3.61. The van der Waals surface area contributed by atoms with Gasteiger partial charge in [0.05, 0.1) is 17.0 Å². The summed E-state index contributed by atoms with van der Waals surface area (Å²) in [6.07, 6.45) is 5.14. The molecule has 0 amide bonds. The van der Waals surface area contributed by atoms with Crippen LogP contribution in [0.3, 0.4) is 0 Å². The number of allylic oxidation sites excluding steroid dienone is 2. The van der Waals surface area contributed by atoms with E-state index < -0.39 is 6.17 Å². The molecule has 0 aromatic carbocycles. The van der Waals surface area contributed by atoms with E-state index in [-0.39, 0.29) is 17.0 Å². The highest BCUT2D eigenvalue weighted by Gasteiger charge is 2.26. The van der Waals surface area contributed by atoms with Crippen LogP contribution in [0.15, 0.2) is 23.4 Å². The second kappa shape index (κ2) is 7.29. The standard InChI is InChI=1S/C14H23BrFNO/c1-9(2)18-14(13(15)8-10(3)17)11-4-6-12(16)7-5-11/h4,8-9,12-14H,5-7,17H2,1-3H3/b10-8+/t12-,13?,14?/m0/s1. The van der Waals surface area contributed by atoms with Crippen LogP contribution < -0.4 is 5.73 Å². The Morgan fingerprint density at radius 2 is 2.28 bits per heavy atom. The summed E-state index contributed by atoms with van der Waals surface area (Å²) in [7, 11) is 0. The third-order valence-electron chi connectivity index (χ3n) is 2.88. The summed E-state index contributed by atoms with van der Waals surface area (Å²) in [5.41, 5.74) is 7.65. The van der Waals surface area contributed by atoms with Crippen LogP contribution in [-0.2, 0) is 4.74 Å². The summed E-state index contributed by atoms with van der Waals surface area (Å²) < 4.78 is 19.1. The van der Waals surface area contributed by atoms with Gasteiger partial charge in [0, 0.05) is 5.70 Å². The number of hydrogen-bond acceptors (Lipinski definition) is 2. The molecular weight excluding hydrogens is 297 g/mol. The molecule has 1 rings (SSSR count). The molecule has 0 spiro atoms. The molecular formula is C14H23BrFNO. The zero-order valence-electron chi connectivity index (χ0n) is 11.3. The highest BCUT2D eigenvalue weighted by molar-refractivity contribution is 9.09. The Morgan fingerprint density at radius 3 is 2.72 bits per heavy atom. The summed E-state index contributed by atoms with van der Waals surface area (Å²) in [5, 5.41) is 0. The van der Waals surface area contributed by atoms with Gasteiger partial charge in [-0.2, -0.15) is 0 Å². The smallest absolute Gasteiger partial charge is 0.104 e. The summed E-state index contributed by atoms with van der Waals surface area (Å²) in [6.45, 7) is 5.87. The first-order chi connectivity index (χ1) is 8.40. The lowest BCUT2D eigenvalue weighted by molar-refractivity contribution is 0.0308. The molecule has 1 aliphatic rings. The maximum atomic E-state index is 13.2. The quantitative estimate of drug-likeness (QED) is 0.617. The van der Waals surface area contributed by atoms with Crippen LogP contribution in [0, 0.1) is 0 Å². The molecule has 0 saturated heterocycles. The summed E-state index contributed by atoms with van der Waals surface area (Å²) in [4.78, 5) is 0.0345. The van der Waals surface area contributed by atoms with Crippen molar-refractivity contribution in [3.05, 3.63) is 23.4 Å². The topological polar surface area (TPSA) is 35.2 Å². The molecule has 104 valence electrons. The fraction of sp³-hybridized carbons (Fsp3) is 0.714. The first-order valence-electron chi connectivity index (χ1n) is 6.46. The van der Waals surface area contributed by atoms with Gasteiger partial charge >= 0.3 is 0 Å². The number of halogens is 2. The molecule has 0 fully saturated rings. The minimum absolute atomic E-state index is 0.0345. The number of nitrogens with two attached hydrogens (primary N) is 1. The molecule has 3 atom stereocenters. The zero-order chi connectivity index (χ0) is 13.7. The molecule has 0 aliphatic heterocycles. The van der Waals surface area contributed by atoms with Gasteiger partial charge in [0.15, 0.2) is 0 Å². The van der Waals surface area contributed by atoms with E-state index in [1.54, 1.807) is 0 Å². The van der Waals surface area contributed by atoms with E-state index in [2.05, 4.69) is 15.9 Å². The van der Waals surface area contributed by atoms with Gasteiger partial charge in [-0.3, -0.25) is 0 Å². The molecule has 4 heteroatoms. The molecule has 18 heavy (non-hydrogen) atoms. The third kappa shape index (κ3) is 5.11. The van der Waals surface area contributed by atoms with Crippen LogP contribution in [0.5, 0.6) is 0 Å². The lowest BCUT2D eigenvalue weighted by Crippen LogP contribution is -2.30. The van der Waals surface area contributed by atoms with Crippen LogP contribution in [-0.4, -0.2) is 23.2 Å². The predicted octanol–water partition coefficient (Wildman–Crippen LogP) is 3.85. The first kappa shape index (κ1) is 15.7. The van der Waals surface area contributed by atoms with Crippen LogP contribution in [0.1, 0.15) is 40.0 Å². The molecule has 2 unspecified atom stereocenters. The van der Waals surface area contributed by atoms with E-state index in [1.165, 1.54) is 5.57 Å². The Bertz CT molecular complexity index is 324. The van der Waals surface area contributed by atoms with Gasteiger partial charge in [0.1, 0.15) is 6.17 Å². The van der Waals surface area contributed by atoms with Gasteiger partial charge in [-0.25, -0.2) is 4.39 Å². The van der Waals surface area contributed by atoms with Crippen molar-refractivity contribution in [2.75, 3.05) is 0 Å². The average molecular weight is 320 g/mol. The minimum atomic E-state index is -0.700. The van der Waals surface area contributed by atoms with E-state index in [1.807, 2.05) is 32.9 Å². The number of ether oxygens (including phenoxy) is 1. The molecule has 2 nitrogen and oxygen atoms in total. The fourth-order valence-corrected chi connectivity index (χ4v) is 2.96. The molecule has 2 N–H and O–H groups in total. The summed E-state index contributed by atoms with van der Waals surface area (Å²) in [5.74, 6) is 0. The molecule has 1 aliphatic carbocycles. The first-order valence-corrected chi connectivity index (χ1v) is 7.38. The zero-order valence-corrected chi connectivity index (χ0v) is 12.9. The van der Waals surface area contributed by atoms with Crippen LogP contribution in [0.2, 0.25) is 0 Å². The minimum Gasteiger partial charge on any atom is -0.402 e. The van der Waals surface area contributed by atoms with Gasteiger partial charge in [-0.05, 0) is 51.7 Å². The largest absolute Gasteiger partial charge is 0.402 e. The molecule has 0 heterocycles. The second-order valence-corrected chi connectivity index (χ2v) is 6.17. The van der Waals surface area contributed by atoms with Gasteiger partial charge in [0.2, 0.25) is 0 Å². The Labute approximate surface area is 118 Å². The monoisotopic (exact) mass is 319 g/mol. The highest BCUT2D eigenvalue weighted by Crippen LogP contribution is 2.29. The number of alkyl halides is 2. The van der Waals surface area contributed by atoms with Crippen molar-refractivity contribution in [2.45, 2.75) is 63.2 Å². The lowest BCUT2D eigenvalue weighted by Gasteiger charge is -2.29. The van der Waals surface area contributed by atoms with Crippen molar-refractivity contribution in [2.24, 2.45) is 5.73 Å². The molecule has 0 aromatic heterocycles. The maximum Gasteiger partial charge on any atom is 0.104 e. The van der Waals surface area contributed by atoms with Crippen LogP contribution in [0.25, 0.3) is 0 Å². The SMILES string of the molecule is C/C(N)=C\C(Br)C(OC(C)C)C1=CC[C@H](F)CC1. The van der Waals surface area contributed by atoms with Gasteiger partial charge in [-0.1, -0.05) is 22.0 Å². The summed E-state index contributed by atoms with van der Waals surface area (Å²) in [6, 6.07) is 0. The maximum absolute atomic E-state index is 13.2. The molecule has 0 radical (unpaired) electrons. The Hall–Kier alpha value is -0.350. The second-order valence-electron chi connectivity index (χ2n) is 5.11. The highest BCUT2D eigenvalue weighted by atomic mass is 79.9.